The van der Waals surface area contributed by atoms with Gasteiger partial charge in [-0.1, -0.05) is 12.1 Å². The van der Waals surface area contributed by atoms with E-state index in [0.717, 1.165) is 19.4 Å². The minimum Gasteiger partial charge on any atom is -0.379 e. The van der Waals surface area contributed by atoms with Crippen molar-refractivity contribution < 1.29 is 19.2 Å². The smallest absolute Gasteiger partial charge is 0.319 e. The molecular formula is C15H21N3O5. The summed E-state index contributed by atoms with van der Waals surface area (Å²) in [5, 5.41) is 16.0. The van der Waals surface area contributed by atoms with Crippen LogP contribution in [0.25, 0.3) is 0 Å². The zero-order chi connectivity index (χ0) is 16.5. The molecular weight excluding hydrogens is 302 g/mol. The molecule has 1 atom stereocenters. The number of ether oxygens (including phenoxy) is 2. The number of para-hydroxylation sites is 2. The lowest BCUT2D eigenvalue weighted by Gasteiger charge is -2.10. The number of anilines is 1. The minimum absolute atomic E-state index is 0.137. The quantitative estimate of drug-likeness (QED) is 0.434. The van der Waals surface area contributed by atoms with Gasteiger partial charge in [0.2, 0.25) is 0 Å². The fourth-order valence-electron chi connectivity index (χ4n) is 2.27. The molecule has 8 heteroatoms. The number of nitrogens with zero attached hydrogens (tertiary/aromatic N) is 1. The summed E-state index contributed by atoms with van der Waals surface area (Å²) in [7, 11) is 0. The van der Waals surface area contributed by atoms with Crippen LogP contribution in [-0.2, 0) is 9.47 Å². The summed E-state index contributed by atoms with van der Waals surface area (Å²) in [5.41, 5.74) is 0.0344. The van der Waals surface area contributed by atoms with Crippen LogP contribution >= 0.6 is 0 Å². The van der Waals surface area contributed by atoms with Crippen LogP contribution in [0.1, 0.15) is 19.3 Å². The number of carbonyl (C=O) groups excluding carboxylic acids is 1. The molecule has 0 spiro atoms. The number of amides is 2. The summed E-state index contributed by atoms with van der Waals surface area (Å²) in [6, 6.07) is 5.53. The first-order chi connectivity index (χ1) is 11.2. The molecule has 1 saturated heterocycles. The molecule has 2 N–H and O–H groups in total. The van der Waals surface area contributed by atoms with Gasteiger partial charge >= 0.3 is 6.03 Å². The highest BCUT2D eigenvalue weighted by molar-refractivity contribution is 5.91. The number of hydrogen-bond donors (Lipinski definition) is 2. The summed E-state index contributed by atoms with van der Waals surface area (Å²) >= 11 is 0. The van der Waals surface area contributed by atoms with Gasteiger partial charge in [0, 0.05) is 25.8 Å². The number of nitrogens with one attached hydrogen (secondary N) is 2. The first-order valence-corrected chi connectivity index (χ1v) is 7.64. The normalized spacial score (nSPS) is 17.0. The standard InChI is InChI=1S/C15H21N3O5/c19-15(17-13-6-1-2-7-14(13)18(20)21)16-8-4-9-22-11-12-5-3-10-23-12/h1-2,6-7,12H,3-5,8-11H2,(H2,16,17,19)/t12-/m0/s1. The Kier molecular flexibility index (Phi) is 6.76. The second kappa shape index (κ2) is 9.06. The maximum atomic E-state index is 11.7. The van der Waals surface area contributed by atoms with E-state index in [2.05, 4.69) is 10.6 Å². The molecule has 0 saturated carbocycles. The van der Waals surface area contributed by atoms with Gasteiger partial charge in [0.15, 0.2) is 0 Å². The van der Waals surface area contributed by atoms with E-state index < -0.39 is 11.0 Å². The molecule has 1 heterocycles. The van der Waals surface area contributed by atoms with Gasteiger partial charge in [-0.05, 0) is 25.3 Å². The molecule has 0 aliphatic carbocycles. The van der Waals surface area contributed by atoms with E-state index in [0.29, 0.717) is 26.2 Å². The highest BCUT2D eigenvalue weighted by atomic mass is 16.6. The Morgan fingerprint density at radius 3 is 3.00 bits per heavy atom. The van der Waals surface area contributed by atoms with Crippen LogP contribution in [-0.4, -0.2) is 43.4 Å². The van der Waals surface area contributed by atoms with E-state index in [-0.39, 0.29) is 17.5 Å². The van der Waals surface area contributed by atoms with Crippen LogP contribution in [0.2, 0.25) is 0 Å². The molecule has 23 heavy (non-hydrogen) atoms. The van der Waals surface area contributed by atoms with Crippen molar-refractivity contribution in [2.75, 3.05) is 31.7 Å². The number of nitro benzene ring substituents is 1. The number of benzene rings is 1. The first kappa shape index (κ1) is 17.2. The Morgan fingerprint density at radius 1 is 1.43 bits per heavy atom. The third-order valence-corrected chi connectivity index (χ3v) is 3.43. The lowest BCUT2D eigenvalue weighted by Crippen LogP contribution is -2.30. The van der Waals surface area contributed by atoms with Crippen LogP contribution in [0.4, 0.5) is 16.2 Å². The largest absolute Gasteiger partial charge is 0.379 e. The van der Waals surface area contributed by atoms with Crippen LogP contribution < -0.4 is 10.6 Å². The monoisotopic (exact) mass is 323 g/mol. The van der Waals surface area contributed by atoms with Gasteiger partial charge in [-0.3, -0.25) is 10.1 Å². The summed E-state index contributed by atoms with van der Waals surface area (Å²) in [5.74, 6) is 0. The number of hydrogen-bond acceptors (Lipinski definition) is 5. The Hall–Kier alpha value is -2.19. The number of nitro groups is 1. The molecule has 1 aliphatic rings. The van der Waals surface area contributed by atoms with E-state index in [1.54, 1.807) is 12.1 Å². The van der Waals surface area contributed by atoms with E-state index in [1.807, 2.05) is 0 Å². The number of rotatable bonds is 8. The molecule has 1 aliphatic heterocycles. The van der Waals surface area contributed by atoms with E-state index in [4.69, 9.17) is 9.47 Å². The molecule has 0 unspecified atom stereocenters. The molecule has 126 valence electrons. The zero-order valence-corrected chi connectivity index (χ0v) is 12.8. The predicted molar refractivity (Wildman–Crippen MR) is 84.5 cm³/mol. The molecule has 1 fully saturated rings. The fraction of sp³-hybridized carbons (Fsp3) is 0.533. The van der Waals surface area contributed by atoms with Gasteiger partial charge in [-0.25, -0.2) is 4.79 Å². The Labute approximate surface area is 134 Å². The second-order valence-corrected chi connectivity index (χ2v) is 5.22. The van der Waals surface area contributed by atoms with Crippen molar-refractivity contribution in [2.45, 2.75) is 25.4 Å². The maximum Gasteiger partial charge on any atom is 0.319 e. The lowest BCUT2D eigenvalue weighted by atomic mass is 10.2. The van der Waals surface area contributed by atoms with Crippen LogP contribution in [0, 0.1) is 10.1 Å². The van der Waals surface area contributed by atoms with Gasteiger partial charge in [-0.2, -0.15) is 0 Å². The van der Waals surface area contributed by atoms with Crippen molar-refractivity contribution in [1.82, 2.24) is 5.32 Å². The van der Waals surface area contributed by atoms with Crippen molar-refractivity contribution in [1.29, 1.82) is 0 Å². The van der Waals surface area contributed by atoms with Gasteiger partial charge in [0.1, 0.15) is 5.69 Å². The van der Waals surface area contributed by atoms with Gasteiger partial charge < -0.3 is 20.1 Å². The molecule has 2 amide bonds. The zero-order valence-electron chi connectivity index (χ0n) is 12.8. The van der Waals surface area contributed by atoms with Crippen LogP contribution in [0.15, 0.2) is 24.3 Å². The average molecular weight is 323 g/mol. The highest BCUT2D eigenvalue weighted by Gasteiger charge is 2.15. The van der Waals surface area contributed by atoms with Crippen molar-refractivity contribution in [3.63, 3.8) is 0 Å². The lowest BCUT2D eigenvalue weighted by molar-refractivity contribution is -0.383. The molecule has 2 rings (SSSR count). The predicted octanol–water partition coefficient (Wildman–Crippen LogP) is 2.30. The Morgan fingerprint density at radius 2 is 2.26 bits per heavy atom. The van der Waals surface area contributed by atoms with E-state index >= 15 is 0 Å². The Balaban J connectivity index is 1.61. The average Bonchev–Trinajstić information content (AvgIpc) is 3.04. The second-order valence-electron chi connectivity index (χ2n) is 5.22. The van der Waals surface area contributed by atoms with Crippen molar-refractivity contribution >= 4 is 17.4 Å². The number of urea groups is 1. The molecule has 1 aromatic carbocycles. The van der Waals surface area contributed by atoms with Gasteiger partial charge in [0.25, 0.3) is 5.69 Å². The van der Waals surface area contributed by atoms with Gasteiger partial charge in [-0.15, -0.1) is 0 Å². The molecule has 8 nitrogen and oxygen atoms in total. The molecule has 0 aromatic heterocycles. The van der Waals surface area contributed by atoms with E-state index in [1.165, 1.54) is 12.1 Å². The van der Waals surface area contributed by atoms with Gasteiger partial charge in [0.05, 0.1) is 17.6 Å². The summed E-state index contributed by atoms with van der Waals surface area (Å²) in [4.78, 5) is 22.0. The highest BCUT2D eigenvalue weighted by Crippen LogP contribution is 2.22. The van der Waals surface area contributed by atoms with E-state index in [9.17, 15) is 14.9 Å². The topological polar surface area (TPSA) is 103 Å². The third kappa shape index (κ3) is 5.84. The summed E-state index contributed by atoms with van der Waals surface area (Å²) in [6.45, 7) is 2.35. The maximum absolute atomic E-state index is 11.7. The van der Waals surface area contributed by atoms with Crippen molar-refractivity contribution in [2.24, 2.45) is 0 Å². The molecule has 0 bridgehead atoms. The SMILES string of the molecule is O=C(NCCCOC[C@@H]1CCCO1)Nc1ccccc1[N+](=O)[O-]. The summed E-state index contributed by atoms with van der Waals surface area (Å²) < 4.78 is 10.9. The van der Waals surface area contributed by atoms with Crippen molar-refractivity contribution in [3.05, 3.63) is 34.4 Å². The molecule has 1 aromatic rings. The fourth-order valence-corrected chi connectivity index (χ4v) is 2.27. The van der Waals surface area contributed by atoms with Crippen molar-refractivity contribution in [3.8, 4) is 0 Å². The minimum atomic E-state index is -0.533. The Bertz CT molecular complexity index is 532. The summed E-state index contributed by atoms with van der Waals surface area (Å²) in [6.07, 6.45) is 2.99. The third-order valence-electron chi connectivity index (χ3n) is 3.43. The van der Waals surface area contributed by atoms with Crippen LogP contribution in [0.5, 0.6) is 0 Å². The number of carbonyl (C=O) groups is 1. The van der Waals surface area contributed by atoms with Crippen LogP contribution in [0.3, 0.4) is 0 Å². The molecule has 0 radical (unpaired) electrons. The first-order valence-electron chi connectivity index (χ1n) is 7.64.